The molecule has 0 spiro atoms. The normalized spacial score (nSPS) is 11.1. The van der Waals surface area contributed by atoms with Gasteiger partial charge in [-0.05, 0) is 61.4 Å². The van der Waals surface area contributed by atoms with E-state index in [9.17, 15) is 10.1 Å². The van der Waals surface area contributed by atoms with E-state index in [4.69, 9.17) is 21.1 Å². The Labute approximate surface area is 179 Å². The number of rotatable bonds is 6. The van der Waals surface area contributed by atoms with Crippen molar-refractivity contribution in [3.63, 3.8) is 0 Å². The number of aromatic nitrogens is 2. The Hall–Kier alpha value is -3.56. The number of hydrogen-bond donors (Lipinski definition) is 0. The van der Waals surface area contributed by atoms with Crippen LogP contribution in [0, 0.1) is 25.2 Å². The maximum absolute atomic E-state index is 12.7. The van der Waals surface area contributed by atoms with Crippen molar-refractivity contribution in [2.75, 3.05) is 7.11 Å². The highest BCUT2D eigenvalue weighted by molar-refractivity contribution is 6.30. The van der Waals surface area contributed by atoms with Gasteiger partial charge >= 0.3 is 0 Å². The number of allylic oxidation sites excluding steroid dienone is 1. The molecular weight excluding hydrogens is 402 g/mol. The number of hydrogen-bond acceptors (Lipinski definition) is 5. The molecule has 30 heavy (non-hydrogen) atoms. The first-order chi connectivity index (χ1) is 14.4. The lowest BCUT2D eigenvalue weighted by Crippen LogP contribution is -2.15. The third kappa shape index (κ3) is 4.88. The number of carbonyl (C=O) groups excluding carboxylic acids is 1. The Morgan fingerprint density at radius 3 is 2.50 bits per heavy atom. The second kappa shape index (κ2) is 9.29. The Morgan fingerprint density at radius 1 is 1.17 bits per heavy atom. The molecule has 0 aliphatic carbocycles. The lowest BCUT2D eigenvalue weighted by Gasteiger charge is -2.12. The third-order valence-corrected chi connectivity index (χ3v) is 4.61. The second-order valence-electron chi connectivity index (χ2n) is 6.64. The van der Waals surface area contributed by atoms with Crippen molar-refractivity contribution in [1.82, 2.24) is 9.78 Å². The van der Waals surface area contributed by atoms with Gasteiger partial charge in [0.05, 0.1) is 12.8 Å². The minimum atomic E-state index is -0.481. The predicted octanol–water partition coefficient (Wildman–Crippen LogP) is 4.99. The molecule has 152 valence electrons. The van der Waals surface area contributed by atoms with Crippen LogP contribution in [0.15, 0.2) is 54.1 Å². The predicted molar refractivity (Wildman–Crippen MR) is 115 cm³/mol. The number of benzene rings is 2. The van der Waals surface area contributed by atoms with Gasteiger partial charge in [-0.15, -0.1) is 0 Å². The van der Waals surface area contributed by atoms with Gasteiger partial charge in [-0.1, -0.05) is 29.8 Å². The van der Waals surface area contributed by atoms with Gasteiger partial charge in [0.15, 0.2) is 11.5 Å². The van der Waals surface area contributed by atoms with Crippen molar-refractivity contribution in [1.29, 1.82) is 5.26 Å². The molecule has 1 aromatic heterocycles. The van der Waals surface area contributed by atoms with E-state index in [1.54, 1.807) is 50.2 Å². The van der Waals surface area contributed by atoms with Crippen LogP contribution in [0.1, 0.15) is 27.3 Å². The molecule has 0 amide bonds. The largest absolute Gasteiger partial charge is 0.493 e. The molecule has 3 aromatic rings. The molecule has 0 unspecified atom stereocenters. The molecule has 0 atom stereocenters. The van der Waals surface area contributed by atoms with E-state index in [2.05, 4.69) is 5.10 Å². The molecule has 0 radical (unpaired) electrons. The van der Waals surface area contributed by atoms with Crippen molar-refractivity contribution in [3.8, 4) is 17.6 Å². The van der Waals surface area contributed by atoms with Gasteiger partial charge in [0, 0.05) is 10.7 Å². The fourth-order valence-corrected chi connectivity index (χ4v) is 3.02. The van der Waals surface area contributed by atoms with Gasteiger partial charge in [-0.2, -0.15) is 10.4 Å². The van der Waals surface area contributed by atoms with Gasteiger partial charge in [-0.25, -0.2) is 4.68 Å². The van der Waals surface area contributed by atoms with Gasteiger partial charge in [-0.3, -0.25) is 4.79 Å². The van der Waals surface area contributed by atoms with Crippen molar-refractivity contribution >= 4 is 23.6 Å². The van der Waals surface area contributed by atoms with Crippen LogP contribution in [0.3, 0.4) is 0 Å². The highest BCUT2D eigenvalue weighted by Crippen LogP contribution is 2.30. The lowest BCUT2D eigenvalue weighted by atomic mass is 10.1. The first kappa shape index (κ1) is 21.2. The summed E-state index contributed by atoms with van der Waals surface area (Å²) in [7, 11) is 1.53. The summed E-state index contributed by atoms with van der Waals surface area (Å²) in [6.45, 7) is 3.91. The fourth-order valence-electron chi connectivity index (χ4n) is 2.89. The summed E-state index contributed by atoms with van der Waals surface area (Å²) in [5.41, 5.74) is 2.95. The van der Waals surface area contributed by atoms with Crippen molar-refractivity contribution in [2.24, 2.45) is 0 Å². The zero-order valence-corrected chi connectivity index (χ0v) is 17.6. The van der Waals surface area contributed by atoms with Crippen LogP contribution >= 0.6 is 11.6 Å². The van der Waals surface area contributed by atoms with Crippen molar-refractivity contribution in [3.05, 3.63) is 81.6 Å². The van der Waals surface area contributed by atoms with Crippen LogP contribution in [0.2, 0.25) is 5.02 Å². The van der Waals surface area contributed by atoms with Gasteiger partial charge in [0.25, 0.3) is 5.91 Å². The summed E-state index contributed by atoms with van der Waals surface area (Å²) in [6, 6.07) is 16.3. The maximum Gasteiger partial charge on any atom is 0.289 e. The first-order valence-corrected chi connectivity index (χ1v) is 9.54. The first-order valence-electron chi connectivity index (χ1n) is 9.16. The van der Waals surface area contributed by atoms with E-state index in [0.717, 1.165) is 5.56 Å². The molecule has 0 bridgehead atoms. The quantitative estimate of drug-likeness (QED) is 0.414. The summed E-state index contributed by atoms with van der Waals surface area (Å²) in [5.74, 6) is 0.562. The van der Waals surface area contributed by atoms with Gasteiger partial charge in [0.2, 0.25) is 0 Å². The highest BCUT2D eigenvalue weighted by atomic mass is 35.5. The van der Waals surface area contributed by atoms with Gasteiger partial charge < -0.3 is 9.47 Å². The maximum atomic E-state index is 12.7. The molecule has 0 aliphatic rings. The molecule has 7 heteroatoms. The topological polar surface area (TPSA) is 77.1 Å². The molecule has 0 saturated carbocycles. The number of nitriles is 1. The highest BCUT2D eigenvalue weighted by Gasteiger charge is 2.16. The molecule has 0 fully saturated rings. The Balaban J connectivity index is 1.82. The van der Waals surface area contributed by atoms with Crippen LogP contribution in [0.25, 0.3) is 6.08 Å². The molecule has 0 saturated heterocycles. The minimum Gasteiger partial charge on any atom is -0.493 e. The molecule has 0 N–H and O–H groups in total. The fraction of sp³-hybridized carbons (Fsp3) is 0.174. The molecule has 1 heterocycles. The van der Waals surface area contributed by atoms with E-state index in [-0.39, 0.29) is 5.57 Å². The van der Waals surface area contributed by atoms with Crippen molar-refractivity contribution < 1.29 is 14.3 Å². The second-order valence-corrected chi connectivity index (χ2v) is 7.08. The van der Waals surface area contributed by atoms with E-state index in [1.165, 1.54) is 17.9 Å². The zero-order valence-electron chi connectivity index (χ0n) is 16.8. The minimum absolute atomic E-state index is 0.0296. The van der Waals surface area contributed by atoms with Crippen LogP contribution in [-0.4, -0.2) is 22.8 Å². The smallest absolute Gasteiger partial charge is 0.289 e. The summed E-state index contributed by atoms with van der Waals surface area (Å²) in [6.07, 6.45) is 1.50. The Kier molecular flexibility index (Phi) is 6.55. The SMILES string of the molecule is COc1cc(/C=C(\C#N)C(=O)n2nc(C)cc2C)ccc1OCc1ccc(Cl)cc1. The summed E-state index contributed by atoms with van der Waals surface area (Å²) < 4.78 is 12.5. The van der Waals surface area contributed by atoms with Crippen LogP contribution in [0.5, 0.6) is 11.5 Å². The number of carbonyl (C=O) groups is 1. The summed E-state index contributed by atoms with van der Waals surface area (Å²) >= 11 is 5.90. The molecule has 3 rings (SSSR count). The number of aryl methyl sites for hydroxylation is 2. The molecular formula is C23H20ClN3O3. The number of methoxy groups -OCH3 is 1. The molecule has 2 aromatic carbocycles. The summed E-state index contributed by atoms with van der Waals surface area (Å²) in [5, 5.41) is 14.3. The Morgan fingerprint density at radius 2 is 1.90 bits per heavy atom. The summed E-state index contributed by atoms with van der Waals surface area (Å²) in [4.78, 5) is 12.7. The average Bonchev–Trinajstić information content (AvgIpc) is 3.09. The zero-order chi connectivity index (χ0) is 21.7. The molecule has 0 aliphatic heterocycles. The van der Waals surface area contributed by atoms with Crippen molar-refractivity contribution in [2.45, 2.75) is 20.5 Å². The van der Waals surface area contributed by atoms with E-state index >= 15 is 0 Å². The van der Waals surface area contributed by atoms with Crippen LogP contribution in [-0.2, 0) is 6.61 Å². The van der Waals surface area contributed by atoms with E-state index in [0.29, 0.717) is 40.1 Å². The third-order valence-electron chi connectivity index (χ3n) is 4.36. The van der Waals surface area contributed by atoms with Crippen LogP contribution < -0.4 is 9.47 Å². The number of halogens is 1. The van der Waals surface area contributed by atoms with Gasteiger partial charge in [0.1, 0.15) is 18.2 Å². The van der Waals surface area contributed by atoms with Crippen LogP contribution in [0.4, 0.5) is 0 Å². The monoisotopic (exact) mass is 421 g/mol. The average molecular weight is 422 g/mol. The standard InChI is InChI=1S/C23H20ClN3O3/c1-15-10-16(2)27(26-15)23(28)19(13-25)11-18-6-9-21(22(12-18)29-3)30-14-17-4-7-20(24)8-5-17/h4-12H,14H2,1-3H3/b19-11+. The number of ether oxygens (including phenoxy) is 2. The van der Waals surface area contributed by atoms with E-state index < -0.39 is 5.91 Å². The van der Waals surface area contributed by atoms with E-state index in [1.807, 2.05) is 18.2 Å². The molecule has 6 nitrogen and oxygen atoms in total. The lowest BCUT2D eigenvalue weighted by molar-refractivity contribution is 0.0943. The number of nitrogens with zero attached hydrogens (tertiary/aromatic N) is 3. The Bertz CT molecular complexity index is 1140.